The van der Waals surface area contributed by atoms with E-state index in [1.54, 1.807) is 7.11 Å². The Morgan fingerprint density at radius 2 is 1.91 bits per heavy atom. The summed E-state index contributed by atoms with van der Waals surface area (Å²) in [7, 11) is 1.59. The number of hydrogen-bond acceptors (Lipinski definition) is 3. The molecular weight excluding hydrogens is 300 g/mol. The Kier molecular flexibility index (Phi) is 5.67. The number of halogens is 1. The van der Waals surface area contributed by atoms with Crippen LogP contribution in [0, 0.1) is 6.92 Å². The number of aryl methyl sites for hydroxylation is 1. The molecule has 0 spiro atoms. The third-order valence-corrected chi connectivity index (χ3v) is 3.41. The number of anilines is 2. The molecule has 0 aliphatic heterocycles. The minimum Gasteiger partial charge on any atom is -0.495 e. The summed E-state index contributed by atoms with van der Waals surface area (Å²) in [6, 6.07) is 13.0. The fourth-order valence-corrected chi connectivity index (χ4v) is 2.15. The summed E-state index contributed by atoms with van der Waals surface area (Å²) in [5.41, 5.74) is 2.69. The highest BCUT2D eigenvalue weighted by Crippen LogP contribution is 2.25. The second kappa shape index (κ2) is 7.71. The number of hydrogen-bond donors (Lipinski definition) is 2. The van der Waals surface area contributed by atoms with Crippen LogP contribution in [0.5, 0.6) is 5.75 Å². The number of carbonyl (C=O) groups is 1. The maximum absolute atomic E-state index is 12.0. The van der Waals surface area contributed by atoms with E-state index in [-0.39, 0.29) is 5.91 Å². The molecule has 2 aromatic carbocycles. The Morgan fingerprint density at radius 3 is 2.59 bits per heavy atom. The molecule has 0 bridgehead atoms. The highest BCUT2D eigenvalue weighted by Gasteiger charge is 2.07. The van der Waals surface area contributed by atoms with Crippen LogP contribution in [-0.2, 0) is 4.79 Å². The van der Waals surface area contributed by atoms with Crippen LogP contribution in [0.25, 0.3) is 0 Å². The molecule has 0 fully saturated rings. The van der Waals surface area contributed by atoms with Gasteiger partial charge in [-0.3, -0.25) is 4.79 Å². The largest absolute Gasteiger partial charge is 0.495 e. The van der Waals surface area contributed by atoms with Gasteiger partial charge in [-0.15, -0.1) is 0 Å². The molecule has 0 heterocycles. The molecule has 2 rings (SSSR count). The van der Waals surface area contributed by atoms with Gasteiger partial charge in [0.05, 0.1) is 12.8 Å². The zero-order chi connectivity index (χ0) is 15.9. The lowest BCUT2D eigenvalue weighted by Crippen LogP contribution is -2.16. The second-order valence-corrected chi connectivity index (χ2v) is 5.37. The van der Waals surface area contributed by atoms with Gasteiger partial charge in [-0.25, -0.2) is 0 Å². The first-order valence-electron chi connectivity index (χ1n) is 7.02. The maximum Gasteiger partial charge on any atom is 0.226 e. The van der Waals surface area contributed by atoms with Crippen LogP contribution in [0.2, 0.25) is 5.02 Å². The summed E-state index contributed by atoms with van der Waals surface area (Å²) < 4.78 is 5.24. The van der Waals surface area contributed by atoms with Crippen molar-refractivity contribution >= 4 is 28.9 Å². The molecule has 0 saturated carbocycles. The number of ether oxygens (including phenoxy) is 1. The summed E-state index contributed by atoms with van der Waals surface area (Å²) in [6.07, 6.45) is 0.361. The van der Waals surface area contributed by atoms with E-state index in [2.05, 4.69) is 10.6 Å². The van der Waals surface area contributed by atoms with Crippen molar-refractivity contribution in [1.82, 2.24) is 0 Å². The van der Waals surface area contributed by atoms with Gasteiger partial charge in [-0.05, 0) is 48.9 Å². The average Bonchev–Trinajstić information content (AvgIpc) is 2.49. The minimum atomic E-state index is -0.0645. The number of carbonyl (C=O) groups excluding carboxylic acids is 1. The molecule has 1 amide bonds. The van der Waals surface area contributed by atoms with Crippen LogP contribution in [0.15, 0.2) is 42.5 Å². The van der Waals surface area contributed by atoms with E-state index in [9.17, 15) is 4.79 Å². The van der Waals surface area contributed by atoms with E-state index in [1.165, 1.54) is 0 Å². The molecule has 0 atom stereocenters. The Hall–Kier alpha value is -2.20. The van der Waals surface area contributed by atoms with Gasteiger partial charge in [0.2, 0.25) is 5.91 Å². The summed E-state index contributed by atoms with van der Waals surface area (Å²) in [5.74, 6) is 0.593. The second-order valence-electron chi connectivity index (χ2n) is 4.94. The van der Waals surface area contributed by atoms with E-state index in [0.29, 0.717) is 29.4 Å². The maximum atomic E-state index is 12.0. The fraction of sp³-hybridized carbons (Fsp3) is 0.235. The first-order chi connectivity index (χ1) is 10.6. The lowest BCUT2D eigenvalue weighted by Gasteiger charge is -2.11. The van der Waals surface area contributed by atoms with Crippen molar-refractivity contribution in [3.8, 4) is 5.75 Å². The fourth-order valence-electron chi connectivity index (χ4n) is 2.02. The molecule has 5 heteroatoms. The van der Waals surface area contributed by atoms with E-state index in [4.69, 9.17) is 16.3 Å². The topological polar surface area (TPSA) is 50.4 Å². The Bertz CT molecular complexity index is 642. The van der Waals surface area contributed by atoms with E-state index >= 15 is 0 Å². The molecule has 0 saturated heterocycles. The van der Waals surface area contributed by atoms with Crippen LogP contribution >= 0.6 is 11.6 Å². The Balaban J connectivity index is 1.85. The van der Waals surface area contributed by atoms with Crippen LogP contribution in [-0.4, -0.2) is 19.6 Å². The highest BCUT2D eigenvalue weighted by molar-refractivity contribution is 6.30. The third-order valence-electron chi connectivity index (χ3n) is 3.15. The van der Waals surface area contributed by atoms with Crippen molar-refractivity contribution in [1.29, 1.82) is 0 Å². The van der Waals surface area contributed by atoms with Crippen LogP contribution in [0.1, 0.15) is 12.0 Å². The first kappa shape index (κ1) is 16.2. The van der Waals surface area contributed by atoms with E-state index in [1.807, 2.05) is 49.4 Å². The third kappa shape index (κ3) is 4.67. The molecule has 2 aromatic rings. The molecule has 0 radical (unpaired) electrons. The lowest BCUT2D eigenvalue weighted by molar-refractivity contribution is -0.115. The minimum absolute atomic E-state index is 0.0645. The van der Waals surface area contributed by atoms with E-state index in [0.717, 1.165) is 11.3 Å². The van der Waals surface area contributed by atoms with Gasteiger partial charge in [0.25, 0.3) is 0 Å². The zero-order valence-electron chi connectivity index (χ0n) is 12.7. The van der Waals surface area contributed by atoms with Crippen molar-refractivity contribution in [2.45, 2.75) is 13.3 Å². The molecule has 0 aromatic heterocycles. The number of rotatable bonds is 6. The Labute approximate surface area is 135 Å². The number of benzene rings is 2. The average molecular weight is 319 g/mol. The standard InChI is InChI=1S/C17H19ClN2O2/c1-12-3-8-16(22-2)15(11-12)20-17(21)9-10-19-14-6-4-13(18)5-7-14/h3-8,11,19H,9-10H2,1-2H3,(H,20,21). The molecule has 116 valence electrons. The molecule has 22 heavy (non-hydrogen) atoms. The smallest absolute Gasteiger partial charge is 0.226 e. The van der Waals surface area contributed by atoms with Crippen molar-refractivity contribution in [2.24, 2.45) is 0 Å². The van der Waals surface area contributed by atoms with Gasteiger partial charge in [0, 0.05) is 23.7 Å². The molecule has 2 N–H and O–H groups in total. The summed E-state index contributed by atoms with van der Waals surface area (Å²) in [4.78, 5) is 12.0. The number of methoxy groups -OCH3 is 1. The zero-order valence-corrected chi connectivity index (χ0v) is 13.4. The van der Waals surface area contributed by atoms with Gasteiger partial charge in [0.15, 0.2) is 0 Å². The van der Waals surface area contributed by atoms with Gasteiger partial charge in [-0.2, -0.15) is 0 Å². The van der Waals surface area contributed by atoms with E-state index < -0.39 is 0 Å². The van der Waals surface area contributed by atoms with Crippen molar-refractivity contribution in [3.63, 3.8) is 0 Å². The van der Waals surface area contributed by atoms with Gasteiger partial charge >= 0.3 is 0 Å². The van der Waals surface area contributed by atoms with Crippen LogP contribution < -0.4 is 15.4 Å². The molecule has 4 nitrogen and oxygen atoms in total. The van der Waals surface area contributed by atoms with Crippen LogP contribution in [0.4, 0.5) is 11.4 Å². The van der Waals surface area contributed by atoms with Crippen molar-refractivity contribution in [2.75, 3.05) is 24.3 Å². The molecule has 0 unspecified atom stereocenters. The molecular formula is C17H19ClN2O2. The Morgan fingerprint density at radius 1 is 1.18 bits per heavy atom. The first-order valence-corrected chi connectivity index (χ1v) is 7.40. The van der Waals surface area contributed by atoms with Crippen LogP contribution in [0.3, 0.4) is 0 Å². The lowest BCUT2D eigenvalue weighted by atomic mass is 10.2. The van der Waals surface area contributed by atoms with Crippen molar-refractivity contribution in [3.05, 3.63) is 53.1 Å². The quantitative estimate of drug-likeness (QED) is 0.843. The molecule has 0 aliphatic rings. The SMILES string of the molecule is COc1ccc(C)cc1NC(=O)CCNc1ccc(Cl)cc1. The van der Waals surface area contributed by atoms with Gasteiger partial charge in [-0.1, -0.05) is 17.7 Å². The monoisotopic (exact) mass is 318 g/mol. The van der Waals surface area contributed by atoms with Gasteiger partial charge in [0.1, 0.15) is 5.75 Å². The normalized spacial score (nSPS) is 10.1. The summed E-state index contributed by atoms with van der Waals surface area (Å²) in [6.45, 7) is 2.51. The predicted octanol–water partition coefficient (Wildman–Crippen LogP) is 4.10. The number of amides is 1. The predicted molar refractivity (Wildman–Crippen MR) is 90.9 cm³/mol. The number of nitrogens with one attached hydrogen (secondary N) is 2. The highest BCUT2D eigenvalue weighted by atomic mass is 35.5. The van der Waals surface area contributed by atoms with Gasteiger partial charge < -0.3 is 15.4 Å². The molecule has 0 aliphatic carbocycles. The summed E-state index contributed by atoms with van der Waals surface area (Å²) in [5, 5.41) is 6.74. The summed E-state index contributed by atoms with van der Waals surface area (Å²) >= 11 is 5.82. The van der Waals surface area contributed by atoms with Crippen molar-refractivity contribution < 1.29 is 9.53 Å².